The second kappa shape index (κ2) is 5.92. The van der Waals surface area contributed by atoms with Gasteiger partial charge in [-0.2, -0.15) is 0 Å². The van der Waals surface area contributed by atoms with Crippen molar-refractivity contribution in [2.75, 3.05) is 18.1 Å². The highest BCUT2D eigenvalue weighted by Gasteiger charge is 2.20. The molecule has 2 N–H and O–H groups in total. The van der Waals surface area contributed by atoms with E-state index in [9.17, 15) is 0 Å². The van der Waals surface area contributed by atoms with Gasteiger partial charge >= 0.3 is 0 Å². The normalized spacial score (nSPS) is 14.0. The van der Waals surface area contributed by atoms with Crippen LogP contribution in [0.4, 0.5) is 11.4 Å². The lowest BCUT2D eigenvalue weighted by Gasteiger charge is -2.26. The first kappa shape index (κ1) is 14.2. The SMILES string of the molecule is NC(=S)c1cc(Cl)ccc1N1CCCOc2ccccc21. The number of nitrogens with two attached hydrogens (primary N) is 1. The summed E-state index contributed by atoms with van der Waals surface area (Å²) in [6, 6.07) is 13.6. The fraction of sp³-hybridized carbons (Fsp3) is 0.188. The monoisotopic (exact) mass is 318 g/mol. The maximum absolute atomic E-state index is 6.07. The maximum Gasteiger partial charge on any atom is 0.142 e. The van der Waals surface area contributed by atoms with Gasteiger partial charge in [0, 0.05) is 17.1 Å². The molecule has 0 saturated carbocycles. The van der Waals surface area contributed by atoms with Crippen LogP contribution in [0.25, 0.3) is 0 Å². The second-order valence-corrected chi connectivity index (χ2v) is 5.72. The highest BCUT2D eigenvalue weighted by molar-refractivity contribution is 7.80. The van der Waals surface area contributed by atoms with Crippen molar-refractivity contribution in [1.82, 2.24) is 0 Å². The van der Waals surface area contributed by atoms with Crippen LogP contribution in [-0.4, -0.2) is 18.1 Å². The van der Waals surface area contributed by atoms with E-state index in [0.717, 1.165) is 35.7 Å². The minimum Gasteiger partial charge on any atom is -0.491 e. The lowest BCUT2D eigenvalue weighted by Crippen LogP contribution is -2.22. The fourth-order valence-corrected chi connectivity index (χ4v) is 2.85. The minimum absolute atomic E-state index is 0.343. The third-order valence-corrected chi connectivity index (χ3v) is 3.91. The number of anilines is 2. The van der Waals surface area contributed by atoms with Crippen LogP contribution in [-0.2, 0) is 0 Å². The summed E-state index contributed by atoms with van der Waals surface area (Å²) in [7, 11) is 0. The predicted molar refractivity (Wildman–Crippen MR) is 90.9 cm³/mol. The molecule has 0 radical (unpaired) electrons. The van der Waals surface area contributed by atoms with Crippen LogP contribution in [0.2, 0.25) is 5.02 Å². The zero-order chi connectivity index (χ0) is 14.8. The van der Waals surface area contributed by atoms with Crippen LogP contribution < -0.4 is 15.4 Å². The highest BCUT2D eigenvalue weighted by Crippen LogP contribution is 2.37. The number of hydrogen-bond acceptors (Lipinski definition) is 3. The number of fused-ring (bicyclic) bond motifs is 1. The molecular weight excluding hydrogens is 304 g/mol. The smallest absolute Gasteiger partial charge is 0.142 e. The van der Waals surface area contributed by atoms with Crippen molar-refractivity contribution < 1.29 is 4.74 Å². The molecule has 21 heavy (non-hydrogen) atoms. The van der Waals surface area contributed by atoms with Gasteiger partial charge in [0.2, 0.25) is 0 Å². The molecular formula is C16H15ClN2OS. The van der Waals surface area contributed by atoms with Crippen LogP contribution >= 0.6 is 23.8 Å². The Bertz CT molecular complexity index is 690. The average Bonchev–Trinajstić information content (AvgIpc) is 2.69. The van der Waals surface area contributed by atoms with E-state index in [2.05, 4.69) is 4.90 Å². The molecule has 0 unspecified atom stereocenters. The topological polar surface area (TPSA) is 38.5 Å². The van der Waals surface area contributed by atoms with Crippen molar-refractivity contribution >= 4 is 40.2 Å². The molecule has 0 amide bonds. The molecule has 0 aliphatic carbocycles. The number of nitrogens with zero attached hydrogens (tertiary/aromatic N) is 1. The van der Waals surface area contributed by atoms with Crippen LogP contribution in [0.3, 0.4) is 0 Å². The van der Waals surface area contributed by atoms with Gasteiger partial charge in [0.15, 0.2) is 0 Å². The van der Waals surface area contributed by atoms with E-state index < -0.39 is 0 Å². The number of ether oxygens (including phenoxy) is 1. The van der Waals surface area contributed by atoms with Gasteiger partial charge in [0.05, 0.1) is 18.0 Å². The molecule has 3 rings (SSSR count). The Morgan fingerprint density at radius 3 is 2.81 bits per heavy atom. The molecule has 5 heteroatoms. The number of benzene rings is 2. The van der Waals surface area contributed by atoms with Gasteiger partial charge in [-0.3, -0.25) is 0 Å². The number of halogens is 1. The molecule has 0 spiro atoms. The summed E-state index contributed by atoms with van der Waals surface area (Å²) in [5.41, 5.74) is 8.64. The Kier molecular flexibility index (Phi) is 3.99. The van der Waals surface area contributed by atoms with Gasteiger partial charge in [0.1, 0.15) is 10.7 Å². The Morgan fingerprint density at radius 1 is 1.19 bits per heavy atom. The summed E-state index contributed by atoms with van der Waals surface area (Å²) in [4.78, 5) is 2.53. The Labute approximate surface area is 134 Å². The van der Waals surface area contributed by atoms with Gasteiger partial charge < -0.3 is 15.4 Å². The third-order valence-electron chi connectivity index (χ3n) is 3.45. The van der Waals surface area contributed by atoms with Crippen LogP contribution in [0.15, 0.2) is 42.5 Å². The minimum atomic E-state index is 0.343. The molecule has 0 atom stereocenters. The van der Waals surface area contributed by atoms with Crippen molar-refractivity contribution in [2.24, 2.45) is 5.73 Å². The molecule has 1 aliphatic rings. The fourth-order valence-electron chi connectivity index (χ4n) is 2.52. The van der Waals surface area contributed by atoms with Crippen molar-refractivity contribution in [3.05, 3.63) is 53.1 Å². The maximum atomic E-state index is 6.07. The van der Waals surface area contributed by atoms with Crippen LogP contribution in [0.5, 0.6) is 5.75 Å². The van der Waals surface area contributed by atoms with Crippen molar-refractivity contribution in [2.45, 2.75) is 6.42 Å². The summed E-state index contributed by atoms with van der Waals surface area (Å²) < 4.78 is 5.79. The number of rotatable bonds is 2. The van der Waals surface area contributed by atoms with Crippen molar-refractivity contribution in [3.63, 3.8) is 0 Å². The standard InChI is InChI=1S/C16H15ClN2OS/c17-11-6-7-13(12(10-11)16(18)21)19-8-3-9-20-15-5-2-1-4-14(15)19/h1-2,4-7,10H,3,8-9H2,(H2,18,21). The lowest BCUT2D eigenvalue weighted by atomic mass is 10.1. The summed E-state index contributed by atoms with van der Waals surface area (Å²) in [5, 5.41) is 0.626. The number of thiocarbonyl (C=S) groups is 1. The summed E-state index contributed by atoms with van der Waals surface area (Å²) in [6.07, 6.45) is 0.925. The molecule has 1 aliphatic heterocycles. The zero-order valence-electron chi connectivity index (χ0n) is 11.4. The molecule has 108 valence electrons. The molecule has 2 aromatic rings. The molecule has 0 saturated heterocycles. The van der Waals surface area contributed by atoms with Crippen LogP contribution in [0.1, 0.15) is 12.0 Å². The number of para-hydroxylation sites is 2. The van der Waals surface area contributed by atoms with E-state index in [0.29, 0.717) is 16.6 Å². The summed E-state index contributed by atoms with van der Waals surface area (Å²) >= 11 is 11.2. The molecule has 2 aromatic carbocycles. The number of hydrogen-bond donors (Lipinski definition) is 1. The third kappa shape index (κ3) is 2.82. The van der Waals surface area contributed by atoms with Crippen LogP contribution in [0, 0.1) is 0 Å². The largest absolute Gasteiger partial charge is 0.491 e. The quantitative estimate of drug-likeness (QED) is 0.852. The van der Waals surface area contributed by atoms with Gasteiger partial charge in [-0.1, -0.05) is 36.0 Å². The molecule has 0 fully saturated rings. The first-order valence-corrected chi connectivity index (χ1v) is 7.54. The molecule has 0 aromatic heterocycles. The first-order chi connectivity index (χ1) is 10.2. The predicted octanol–water partition coefficient (Wildman–Crippen LogP) is 3.89. The Morgan fingerprint density at radius 2 is 2.00 bits per heavy atom. The van der Waals surface area contributed by atoms with E-state index in [1.54, 1.807) is 0 Å². The van der Waals surface area contributed by atoms with E-state index in [4.69, 9.17) is 34.3 Å². The molecule has 1 heterocycles. The lowest BCUT2D eigenvalue weighted by molar-refractivity contribution is 0.322. The Balaban J connectivity index is 2.14. The van der Waals surface area contributed by atoms with E-state index in [-0.39, 0.29) is 0 Å². The van der Waals surface area contributed by atoms with E-state index in [1.807, 2.05) is 42.5 Å². The molecule has 0 bridgehead atoms. The summed E-state index contributed by atoms with van der Waals surface area (Å²) in [6.45, 7) is 1.54. The zero-order valence-corrected chi connectivity index (χ0v) is 13.0. The molecule has 3 nitrogen and oxygen atoms in total. The van der Waals surface area contributed by atoms with Gasteiger partial charge in [-0.05, 0) is 36.8 Å². The second-order valence-electron chi connectivity index (χ2n) is 4.85. The van der Waals surface area contributed by atoms with E-state index in [1.165, 1.54) is 0 Å². The average molecular weight is 319 g/mol. The van der Waals surface area contributed by atoms with Gasteiger partial charge in [-0.15, -0.1) is 0 Å². The van der Waals surface area contributed by atoms with Gasteiger partial charge in [-0.25, -0.2) is 0 Å². The highest BCUT2D eigenvalue weighted by atomic mass is 35.5. The summed E-state index contributed by atoms with van der Waals surface area (Å²) in [5.74, 6) is 0.874. The van der Waals surface area contributed by atoms with Crippen molar-refractivity contribution in [1.29, 1.82) is 0 Å². The first-order valence-electron chi connectivity index (χ1n) is 6.75. The Hall–Kier alpha value is -1.78. The van der Waals surface area contributed by atoms with E-state index >= 15 is 0 Å². The van der Waals surface area contributed by atoms with Crippen molar-refractivity contribution in [3.8, 4) is 5.75 Å². The van der Waals surface area contributed by atoms with Gasteiger partial charge in [0.25, 0.3) is 0 Å².